The lowest BCUT2D eigenvalue weighted by atomic mass is 10.2. The quantitative estimate of drug-likeness (QED) is 0.455. The van der Waals surface area contributed by atoms with Crippen LogP contribution in [0.4, 0.5) is 10.8 Å². The van der Waals surface area contributed by atoms with Gasteiger partial charge in [-0.25, -0.2) is 4.98 Å². The SMILES string of the molecule is COc1cccc(Nc2nnc(S[C@@H](C)c3nc4ccccc4c(=O)[nH]3)s2)c1. The Bertz CT molecular complexity index is 1170. The van der Waals surface area contributed by atoms with Crippen molar-refractivity contribution in [1.29, 1.82) is 0 Å². The van der Waals surface area contributed by atoms with Gasteiger partial charge in [-0.05, 0) is 31.2 Å². The highest BCUT2D eigenvalue weighted by Gasteiger charge is 2.15. The minimum absolute atomic E-state index is 0.0741. The fourth-order valence-electron chi connectivity index (χ4n) is 2.64. The number of nitrogens with zero attached hydrogens (tertiary/aromatic N) is 3. The number of fused-ring (bicyclic) bond motifs is 1. The van der Waals surface area contributed by atoms with Crippen molar-refractivity contribution in [2.45, 2.75) is 16.5 Å². The Labute approximate surface area is 169 Å². The summed E-state index contributed by atoms with van der Waals surface area (Å²) in [6, 6.07) is 14.9. The van der Waals surface area contributed by atoms with Gasteiger partial charge in [0.2, 0.25) is 5.13 Å². The third-order valence-corrected chi connectivity index (χ3v) is 6.05. The van der Waals surface area contributed by atoms with Crippen molar-refractivity contribution in [2.75, 3.05) is 12.4 Å². The van der Waals surface area contributed by atoms with E-state index in [4.69, 9.17) is 4.74 Å². The molecule has 0 aliphatic rings. The number of thioether (sulfide) groups is 1. The number of hydrogen-bond donors (Lipinski definition) is 2. The molecule has 0 aliphatic carbocycles. The summed E-state index contributed by atoms with van der Waals surface area (Å²) in [4.78, 5) is 19.7. The third kappa shape index (κ3) is 4.00. The molecule has 142 valence electrons. The van der Waals surface area contributed by atoms with E-state index in [9.17, 15) is 4.79 Å². The maximum atomic E-state index is 12.3. The predicted molar refractivity (Wildman–Crippen MR) is 113 cm³/mol. The van der Waals surface area contributed by atoms with Crippen LogP contribution < -0.4 is 15.6 Å². The van der Waals surface area contributed by atoms with Crippen LogP contribution in [-0.4, -0.2) is 27.3 Å². The maximum Gasteiger partial charge on any atom is 0.258 e. The molecule has 1 atom stereocenters. The standard InChI is InChI=1S/C19H17N5O2S2/c1-11(16-21-15-9-4-3-8-14(15)17(25)22-16)27-19-24-23-18(28-19)20-12-6-5-7-13(10-12)26-2/h3-11H,1-2H3,(H,20,23)(H,21,22,25)/t11-/m0/s1. The number of hydrogen-bond acceptors (Lipinski definition) is 8. The van der Waals surface area contributed by atoms with Gasteiger partial charge in [-0.1, -0.05) is 41.3 Å². The summed E-state index contributed by atoms with van der Waals surface area (Å²) in [5, 5.41) is 12.8. The smallest absolute Gasteiger partial charge is 0.258 e. The van der Waals surface area contributed by atoms with Gasteiger partial charge in [0.15, 0.2) is 4.34 Å². The van der Waals surface area contributed by atoms with Gasteiger partial charge in [0.25, 0.3) is 5.56 Å². The van der Waals surface area contributed by atoms with Crippen LogP contribution in [0.1, 0.15) is 18.0 Å². The second kappa shape index (κ2) is 7.99. The summed E-state index contributed by atoms with van der Waals surface area (Å²) < 4.78 is 6.01. The minimum atomic E-state index is -0.134. The summed E-state index contributed by atoms with van der Waals surface area (Å²) in [6.45, 7) is 1.98. The first-order valence-corrected chi connectivity index (χ1v) is 10.2. The highest BCUT2D eigenvalue weighted by atomic mass is 32.2. The van der Waals surface area contributed by atoms with Crippen LogP contribution in [0.25, 0.3) is 10.9 Å². The van der Waals surface area contributed by atoms with Crippen molar-refractivity contribution < 1.29 is 4.74 Å². The van der Waals surface area contributed by atoms with E-state index in [1.807, 2.05) is 49.4 Å². The largest absolute Gasteiger partial charge is 0.497 e. The topological polar surface area (TPSA) is 92.8 Å². The number of rotatable bonds is 6. The number of aromatic nitrogens is 4. The fraction of sp³-hybridized carbons (Fsp3) is 0.158. The summed E-state index contributed by atoms with van der Waals surface area (Å²) in [5.74, 6) is 1.38. The van der Waals surface area contributed by atoms with E-state index in [0.29, 0.717) is 21.9 Å². The highest BCUT2D eigenvalue weighted by Crippen LogP contribution is 2.36. The number of para-hydroxylation sites is 1. The Balaban J connectivity index is 1.49. The highest BCUT2D eigenvalue weighted by molar-refractivity contribution is 8.01. The first kappa shape index (κ1) is 18.5. The van der Waals surface area contributed by atoms with Gasteiger partial charge in [-0.2, -0.15) is 0 Å². The second-order valence-corrected chi connectivity index (χ2v) is 8.52. The van der Waals surface area contributed by atoms with E-state index < -0.39 is 0 Å². The maximum absolute atomic E-state index is 12.3. The van der Waals surface area contributed by atoms with Gasteiger partial charge in [0.1, 0.15) is 11.6 Å². The molecule has 0 saturated heterocycles. The van der Waals surface area contributed by atoms with Crippen molar-refractivity contribution in [3.8, 4) is 5.75 Å². The van der Waals surface area contributed by atoms with E-state index in [1.54, 1.807) is 13.2 Å². The van der Waals surface area contributed by atoms with E-state index in [-0.39, 0.29) is 10.8 Å². The van der Waals surface area contributed by atoms with Crippen molar-refractivity contribution in [2.24, 2.45) is 0 Å². The molecule has 2 aromatic heterocycles. The second-order valence-electron chi connectivity index (χ2n) is 5.96. The van der Waals surface area contributed by atoms with Crippen LogP contribution in [-0.2, 0) is 0 Å². The Morgan fingerprint density at radius 2 is 2.04 bits per heavy atom. The summed E-state index contributed by atoms with van der Waals surface area (Å²) in [5.41, 5.74) is 1.43. The molecular weight excluding hydrogens is 394 g/mol. The first-order valence-electron chi connectivity index (χ1n) is 8.52. The molecule has 0 amide bonds. The van der Waals surface area contributed by atoms with Gasteiger partial charge < -0.3 is 15.0 Å². The summed E-state index contributed by atoms with van der Waals surface area (Å²) in [6.07, 6.45) is 0. The van der Waals surface area contributed by atoms with Crippen LogP contribution in [0, 0.1) is 0 Å². The van der Waals surface area contributed by atoms with Crippen LogP contribution in [0.2, 0.25) is 0 Å². The monoisotopic (exact) mass is 411 g/mol. The zero-order valence-corrected chi connectivity index (χ0v) is 16.8. The van der Waals surface area contributed by atoms with Gasteiger partial charge in [-0.3, -0.25) is 4.79 Å². The van der Waals surface area contributed by atoms with E-state index in [2.05, 4.69) is 25.5 Å². The Morgan fingerprint density at radius 3 is 2.89 bits per heavy atom. The predicted octanol–water partition coefficient (Wildman–Crippen LogP) is 4.38. The lowest BCUT2D eigenvalue weighted by Crippen LogP contribution is -2.12. The van der Waals surface area contributed by atoms with Gasteiger partial charge in [-0.15, -0.1) is 10.2 Å². The Morgan fingerprint density at radius 1 is 1.18 bits per heavy atom. The Hall–Kier alpha value is -2.91. The lowest BCUT2D eigenvalue weighted by Gasteiger charge is -2.09. The first-order chi connectivity index (χ1) is 13.6. The van der Waals surface area contributed by atoms with E-state index in [0.717, 1.165) is 15.8 Å². The number of H-pyrrole nitrogens is 1. The average molecular weight is 412 g/mol. The molecule has 0 radical (unpaired) electrons. The molecule has 9 heteroatoms. The van der Waals surface area contributed by atoms with Crippen LogP contribution in [0.5, 0.6) is 5.75 Å². The molecule has 0 spiro atoms. The van der Waals surface area contributed by atoms with Crippen molar-refractivity contribution in [3.05, 3.63) is 64.7 Å². The Kier molecular flexibility index (Phi) is 5.27. The summed E-state index contributed by atoms with van der Waals surface area (Å²) >= 11 is 2.94. The fourth-order valence-corrected chi connectivity index (χ4v) is 4.61. The average Bonchev–Trinajstić information content (AvgIpc) is 3.14. The number of aromatic amines is 1. The molecule has 0 saturated carbocycles. The van der Waals surface area contributed by atoms with E-state index >= 15 is 0 Å². The molecule has 0 fully saturated rings. The lowest BCUT2D eigenvalue weighted by molar-refractivity contribution is 0.415. The molecule has 2 N–H and O–H groups in total. The van der Waals surface area contributed by atoms with Crippen molar-refractivity contribution in [3.63, 3.8) is 0 Å². The van der Waals surface area contributed by atoms with Gasteiger partial charge in [0, 0.05) is 11.8 Å². The van der Waals surface area contributed by atoms with Crippen molar-refractivity contribution >= 4 is 44.8 Å². The number of methoxy groups -OCH3 is 1. The summed E-state index contributed by atoms with van der Waals surface area (Å²) in [7, 11) is 1.63. The van der Waals surface area contributed by atoms with Gasteiger partial charge >= 0.3 is 0 Å². The van der Waals surface area contributed by atoms with Crippen LogP contribution in [0.15, 0.2) is 57.7 Å². The molecule has 0 bridgehead atoms. The molecule has 2 aromatic carbocycles. The minimum Gasteiger partial charge on any atom is -0.497 e. The van der Waals surface area contributed by atoms with E-state index in [1.165, 1.54) is 23.1 Å². The number of anilines is 2. The van der Waals surface area contributed by atoms with Crippen molar-refractivity contribution in [1.82, 2.24) is 20.2 Å². The van der Waals surface area contributed by atoms with Crippen LogP contribution in [0.3, 0.4) is 0 Å². The molecular formula is C19H17N5O2S2. The molecule has 2 heterocycles. The molecule has 0 unspecified atom stereocenters. The number of ether oxygens (including phenoxy) is 1. The third-order valence-electron chi connectivity index (χ3n) is 4.02. The number of benzene rings is 2. The molecule has 0 aliphatic heterocycles. The normalized spacial score (nSPS) is 12.1. The molecule has 4 rings (SSSR count). The number of nitrogens with one attached hydrogen (secondary N) is 2. The van der Waals surface area contributed by atoms with Crippen LogP contribution >= 0.6 is 23.1 Å². The van der Waals surface area contributed by atoms with Gasteiger partial charge in [0.05, 0.1) is 23.3 Å². The zero-order valence-electron chi connectivity index (χ0n) is 15.2. The molecule has 7 nitrogen and oxygen atoms in total. The molecule has 4 aromatic rings. The molecule has 28 heavy (non-hydrogen) atoms. The zero-order chi connectivity index (χ0) is 19.5.